The van der Waals surface area contributed by atoms with Gasteiger partial charge in [-0.2, -0.15) is 0 Å². The van der Waals surface area contributed by atoms with E-state index in [4.69, 9.17) is 0 Å². The Labute approximate surface area is 73.9 Å². The van der Waals surface area contributed by atoms with E-state index in [-0.39, 0.29) is 6.04 Å². The number of carbonyl (C=O) groups excluding carboxylic acids is 1. The van der Waals surface area contributed by atoms with Crippen LogP contribution < -0.4 is 0 Å². The number of Topliss-reactive ketones (excluding diaryl/α,β-unsaturated/α-hetero) is 1. The lowest BCUT2D eigenvalue weighted by Crippen LogP contribution is -2.43. The van der Waals surface area contributed by atoms with Crippen molar-refractivity contribution in [1.82, 2.24) is 4.90 Å². The summed E-state index contributed by atoms with van der Waals surface area (Å²) < 4.78 is 0. The third-order valence-corrected chi connectivity index (χ3v) is 3.67. The van der Waals surface area contributed by atoms with Crippen LogP contribution in [0.3, 0.4) is 0 Å². The lowest BCUT2D eigenvalue weighted by atomic mass is 9.95. The van der Waals surface area contributed by atoms with Crippen molar-refractivity contribution in [2.75, 3.05) is 7.05 Å². The number of ketones is 1. The van der Waals surface area contributed by atoms with Crippen LogP contribution in [0.1, 0.15) is 32.6 Å². The molecule has 0 unspecified atom stereocenters. The van der Waals surface area contributed by atoms with Crippen molar-refractivity contribution in [3.05, 3.63) is 0 Å². The third-order valence-electron chi connectivity index (χ3n) is 3.67. The minimum atomic E-state index is 0.272. The number of piperidine rings is 1. The largest absolute Gasteiger partial charge is 0.298 e. The van der Waals surface area contributed by atoms with Gasteiger partial charge in [0.25, 0.3) is 0 Å². The molecule has 3 atom stereocenters. The summed E-state index contributed by atoms with van der Waals surface area (Å²) in [6.07, 6.45) is 4.29. The predicted molar refractivity (Wildman–Crippen MR) is 48.0 cm³/mol. The first-order valence-electron chi connectivity index (χ1n) is 4.98. The second-order valence-corrected chi connectivity index (χ2v) is 4.16. The molecule has 0 amide bonds. The Bertz CT molecular complexity index is 202. The van der Waals surface area contributed by atoms with Crippen LogP contribution in [-0.4, -0.2) is 29.8 Å². The second kappa shape index (κ2) is 2.84. The molecule has 2 nitrogen and oxygen atoms in total. The zero-order valence-corrected chi connectivity index (χ0v) is 7.92. The van der Waals surface area contributed by atoms with E-state index in [2.05, 4.69) is 18.9 Å². The molecule has 2 aliphatic heterocycles. The van der Waals surface area contributed by atoms with Crippen LogP contribution in [-0.2, 0) is 4.79 Å². The molecule has 0 aromatic carbocycles. The van der Waals surface area contributed by atoms with E-state index in [0.717, 1.165) is 25.2 Å². The van der Waals surface area contributed by atoms with E-state index >= 15 is 0 Å². The van der Waals surface area contributed by atoms with Gasteiger partial charge in [-0.15, -0.1) is 0 Å². The maximum absolute atomic E-state index is 11.5. The van der Waals surface area contributed by atoms with Gasteiger partial charge in [0.2, 0.25) is 0 Å². The van der Waals surface area contributed by atoms with Gasteiger partial charge in [-0.25, -0.2) is 0 Å². The van der Waals surface area contributed by atoms with Crippen LogP contribution in [0.2, 0.25) is 0 Å². The quantitative estimate of drug-likeness (QED) is 0.589. The number of fused-ring (bicyclic) bond motifs is 2. The molecule has 0 saturated carbocycles. The van der Waals surface area contributed by atoms with Crippen LogP contribution in [0.15, 0.2) is 0 Å². The predicted octanol–water partition coefficient (Wildman–Crippen LogP) is 1.45. The van der Waals surface area contributed by atoms with Gasteiger partial charge >= 0.3 is 0 Å². The summed E-state index contributed by atoms with van der Waals surface area (Å²) in [6, 6.07) is 0.978. The Morgan fingerprint density at radius 1 is 1.58 bits per heavy atom. The van der Waals surface area contributed by atoms with E-state index in [0.29, 0.717) is 11.8 Å². The Balaban J connectivity index is 2.18. The number of nitrogens with zero attached hydrogens (tertiary/aromatic N) is 1. The highest BCUT2D eigenvalue weighted by molar-refractivity contribution is 5.85. The highest BCUT2D eigenvalue weighted by Gasteiger charge is 2.44. The number of hydrogen-bond acceptors (Lipinski definition) is 2. The van der Waals surface area contributed by atoms with Crippen molar-refractivity contribution >= 4 is 5.78 Å². The summed E-state index contributed by atoms with van der Waals surface area (Å²) in [5.74, 6) is 1.26. The highest BCUT2D eigenvalue weighted by Crippen LogP contribution is 2.38. The number of carbonyl (C=O) groups is 1. The average Bonchev–Trinajstić information content (AvgIpc) is 2.26. The fourth-order valence-electron chi connectivity index (χ4n) is 2.87. The molecule has 68 valence electrons. The molecule has 0 radical (unpaired) electrons. The number of likely N-dealkylation sites (N-methyl/N-ethyl adjacent to an activating group) is 1. The van der Waals surface area contributed by atoms with Gasteiger partial charge in [0, 0.05) is 12.5 Å². The standard InChI is InChI=1S/C10H17NO/c1-3-7-6-9-10(12)5-4-8(7)11(9)2/h7-9H,3-6H2,1-2H3/t7-,8+,9+/m0/s1. The van der Waals surface area contributed by atoms with Crippen LogP contribution in [0.25, 0.3) is 0 Å². The zero-order valence-electron chi connectivity index (χ0n) is 7.92. The molecule has 2 saturated heterocycles. The van der Waals surface area contributed by atoms with Gasteiger partial charge in [0.15, 0.2) is 0 Å². The Hall–Kier alpha value is -0.370. The molecule has 0 N–H and O–H groups in total. The molecule has 2 fully saturated rings. The van der Waals surface area contributed by atoms with Gasteiger partial charge < -0.3 is 0 Å². The topological polar surface area (TPSA) is 20.3 Å². The van der Waals surface area contributed by atoms with Crippen molar-refractivity contribution in [3.63, 3.8) is 0 Å². The first-order chi connectivity index (χ1) is 5.74. The summed E-state index contributed by atoms with van der Waals surface area (Å²) >= 11 is 0. The molecule has 2 heterocycles. The Morgan fingerprint density at radius 2 is 2.33 bits per heavy atom. The molecule has 2 heteroatoms. The van der Waals surface area contributed by atoms with Gasteiger partial charge in [-0.1, -0.05) is 13.3 Å². The summed E-state index contributed by atoms with van der Waals surface area (Å²) in [5, 5.41) is 0. The van der Waals surface area contributed by atoms with Crippen LogP contribution >= 0.6 is 0 Å². The minimum absolute atomic E-state index is 0.272. The molecule has 0 aromatic heterocycles. The van der Waals surface area contributed by atoms with Gasteiger partial charge in [0.1, 0.15) is 5.78 Å². The zero-order chi connectivity index (χ0) is 8.72. The van der Waals surface area contributed by atoms with Gasteiger partial charge in [-0.3, -0.25) is 9.69 Å². The Morgan fingerprint density at radius 3 is 2.92 bits per heavy atom. The van der Waals surface area contributed by atoms with Crippen molar-refractivity contribution in [3.8, 4) is 0 Å². The van der Waals surface area contributed by atoms with Gasteiger partial charge in [-0.05, 0) is 25.8 Å². The van der Waals surface area contributed by atoms with Crippen molar-refractivity contribution < 1.29 is 4.79 Å². The SMILES string of the molecule is CC[C@H]1C[C@@H]2C(=O)CC[C@H]1N2C. The first-order valence-corrected chi connectivity index (χ1v) is 4.98. The summed E-state index contributed by atoms with van der Waals surface area (Å²) in [5.41, 5.74) is 0. The smallest absolute Gasteiger partial charge is 0.150 e. The first kappa shape index (κ1) is 8.24. The van der Waals surface area contributed by atoms with Crippen LogP contribution in [0.4, 0.5) is 0 Å². The third kappa shape index (κ3) is 1.01. The number of hydrogen-bond donors (Lipinski definition) is 0. The lowest BCUT2D eigenvalue weighted by Gasteiger charge is -2.31. The van der Waals surface area contributed by atoms with Crippen molar-refractivity contribution in [1.29, 1.82) is 0 Å². The lowest BCUT2D eigenvalue weighted by molar-refractivity contribution is -0.125. The highest BCUT2D eigenvalue weighted by atomic mass is 16.1. The summed E-state index contributed by atoms with van der Waals surface area (Å²) in [7, 11) is 2.11. The van der Waals surface area contributed by atoms with Crippen molar-refractivity contribution in [2.24, 2.45) is 5.92 Å². The monoisotopic (exact) mass is 167 g/mol. The molecular weight excluding hydrogens is 150 g/mol. The molecule has 2 aliphatic rings. The van der Waals surface area contributed by atoms with E-state index in [9.17, 15) is 4.79 Å². The van der Waals surface area contributed by atoms with Crippen LogP contribution in [0.5, 0.6) is 0 Å². The van der Waals surface area contributed by atoms with E-state index < -0.39 is 0 Å². The fraction of sp³-hybridized carbons (Fsp3) is 0.900. The average molecular weight is 167 g/mol. The van der Waals surface area contributed by atoms with Gasteiger partial charge in [0.05, 0.1) is 6.04 Å². The summed E-state index contributed by atoms with van der Waals surface area (Å²) in [6.45, 7) is 2.24. The normalized spacial score (nSPS) is 42.2. The molecule has 2 rings (SSSR count). The molecule has 0 spiro atoms. The summed E-state index contributed by atoms with van der Waals surface area (Å²) in [4.78, 5) is 13.8. The van der Waals surface area contributed by atoms with E-state index in [1.165, 1.54) is 6.42 Å². The minimum Gasteiger partial charge on any atom is -0.298 e. The van der Waals surface area contributed by atoms with Crippen molar-refractivity contribution in [2.45, 2.75) is 44.7 Å². The molecule has 0 aliphatic carbocycles. The molecular formula is C10H17NO. The fourth-order valence-corrected chi connectivity index (χ4v) is 2.87. The maximum atomic E-state index is 11.5. The molecule has 0 aromatic rings. The Kier molecular flexibility index (Phi) is 1.95. The maximum Gasteiger partial charge on any atom is 0.150 e. The van der Waals surface area contributed by atoms with Crippen LogP contribution in [0, 0.1) is 5.92 Å². The van der Waals surface area contributed by atoms with E-state index in [1.807, 2.05) is 0 Å². The molecule has 2 bridgehead atoms. The second-order valence-electron chi connectivity index (χ2n) is 4.16. The van der Waals surface area contributed by atoms with E-state index in [1.54, 1.807) is 0 Å². The number of rotatable bonds is 1. The molecule has 12 heavy (non-hydrogen) atoms.